The number of piperidine rings is 1. The summed E-state index contributed by atoms with van der Waals surface area (Å²) < 4.78 is 10.6. The fraction of sp³-hybridized carbons (Fsp3) is 0.632. The Balaban J connectivity index is 0.00000312. The average Bonchev–Trinajstić information content (AvgIpc) is 2.61. The molecule has 1 amide bonds. The SMILES string of the molecule is COCCOCCN(Cc1ccccc1)C(=O)[C@H]1CCN[C@@H](C)C1.Cl. The maximum absolute atomic E-state index is 13.0. The van der Waals surface area contributed by atoms with Gasteiger partial charge in [-0.3, -0.25) is 4.79 Å². The second-order valence-electron chi connectivity index (χ2n) is 6.43. The van der Waals surface area contributed by atoms with E-state index >= 15 is 0 Å². The van der Waals surface area contributed by atoms with Crippen LogP contribution in [0.3, 0.4) is 0 Å². The van der Waals surface area contributed by atoms with E-state index in [4.69, 9.17) is 9.47 Å². The molecule has 0 unspecified atom stereocenters. The van der Waals surface area contributed by atoms with Crippen LogP contribution in [0.25, 0.3) is 0 Å². The number of methoxy groups -OCH3 is 1. The highest BCUT2D eigenvalue weighted by atomic mass is 35.5. The van der Waals surface area contributed by atoms with Crippen LogP contribution in [0.1, 0.15) is 25.3 Å². The molecule has 0 aliphatic carbocycles. The Hall–Kier alpha value is -1.14. The Bertz CT molecular complexity index is 487. The fourth-order valence-electron chi connectivity index (χ4n) is 3.10. The van der Waals surface area contributed by atoms with Crippen molar-refractivity contribution >= 4 is 18.3 Å². The molecule has 2 atom stereocenters. The summed E-state index contributed by atoms with van der Waals surface area (Å²) in [4.78, 5) is 14.9. The maximum Gasteiger partial charge on any atom is 0.226 e. The van der Waals surface area contributed by atoms with Gasteiger partial charge in [0.25, 0.3) is 0 Å². The molecule has 1 aliphatic heterocycles. The predicted octanol–water partition coefficient (Wildman–Crippen LogP) is 2.49. The molecule has 1 heterocycles. The molecule has 1 aromatic rings. The second kappa shape index (κ2) is 12.3. The number of rotatable bonds is 9. The highest BCUT2D eigenvalue weighted by Crippen LogP contribution is 2.20. The minimum absolute atomic E-state index is 0. The van der Waals surface area contributed by atoms with Gasteiger partial charge < -0.3 is 19.7 Å². The molecule has 0 bridgehead atoms. The summed E-state index contributed by atoms with van der Waals surface area (Å²) in [5, 5.41) is 3.41. The summed E-state index contributed by atoms with van der Waals surface area (Å²) in [6.07, 6.45) is 1.83. The van der Waals surface area contributed by atoms with Crippen molar-refractivity contribution in [1.29, 1.82) is 0 Å². The Morgan fingerprint density at radius 2 is 2.00 bits per heavy atom. The van der Waals surface area contributed by atoms with Gasteiger partial charge >= 0.3 is 0 Å². The smallest absolute Gasteiger partial charge is 0.226 e. The van der Waals surface area contributed by atoms with E-state index in [-0.39, 0.29) is 24.2 Å². The van der Waals surface area contributed by atoms with E-state index < -0.39 is 0 Å². The summed E-state index contributed by atoms with van der Waals surface area (Å²) in [7, 11) is 1.66. The third-order valence-electron chi connectivity index (χ3n) is 4.44. The summed E-state index contributed by atoms with van der Waals surface area (Å²) in [5.74, 6) is 0.367. The first-order valence-electron chi connectivity index (χ1n) is 8.83. The molecule has 6 heteroatoms. The fourth-order valence-corrected chi connectivity index (χ4v) is 3.10. The number of hydrogen-bond acceptors (Lipinski definition) is 4. The molecule has 0 saturated carbocycles. The molecule has 2 rings (SSSR count). The van der Waals surface area contributed by atoms with Crippen molar-refractivity contribution in [2.75, 3.05) is 40.0 Å². The number of ether oxygens (including phenoxy) is 2. The minimum Gasteiger partial charge on any atom is -0.382 e. The summed E-state index contributed by atoms with van der Waals surface area (Å²) >= 11 is 0. The van der Waals surface area contributed by atoms with Gasteiger partial charge in [-0.15, -0.1) is 12.4 Å². The van der Waals surface area contributed by atoms with Crippen LogP contribution in [0.15, 0.2) is 30.3 Å². The van der Waals surface area contributed by atoms with E-state index in [1.165, 1.54) is 0 Å². The van der Waals surface area contributed by atoms with Crippen molar-refractivity contribution in [3.63, 3.8) is 0 Å². The van der Waals surface area contributed by atoms with Crippen LogP contribution in [-0.4, -0.2) is 56.9 Å². The number of halogens is 1. The molecule has 5 nitrogen and oxygen atoms in total. The van der Waals surface area contributed by atoms with Gasteiger partial charge in [0.1, 0.15) is 0 Å². The van der Waals surface area contributed by atoms with Gasteiger partial charge in [0, 0.05) is 32.2 Å². The maximum atomic E-state index is 13.0. The van der Waals surface area contributed by atoms with Crippen LogP contribution in [0, 0.1) is 5.92 Å². The van der Waals surface area contributed by atoms with Gasteiger partial charge in [-0.25, -0.2) is 0 Å². The van der Waals surface area contributed by atoms with Gasteiger partial charge in [0.2, 0.25) is 5.91 Å². The highest BCUT2D eigenvalue weighted by Gasteiger charge is 2.28. The van der Waals surface area contributed by atoms with Gasteiger partial charge in [-0.05, 0) is 31.9 Å². The average molecular weight is 371 g/mol. The first kappa shape index (κ1) is 21.9. The number of amides is 1. The van der Waals surface area contributed by atoms with Crippen LogP contribution in [0.5, 0.6) is 0 Å². The first-order valence-corrected chi connectivity index (χ1v) is 8.83. The Morgan fingerprint density at radius 1 is 1.24 bits per heavy atom. The van der Waals surface area contributed by atoms with Crippen LogP contribution >= 0.6 is 12.4 Å². The molecule has 25 heavy (non-hydrogen) atoms. The van der Waals surface area contributed by atoms with E-state index in [0.29, 0.717) is 39.0 Å². The van der Waals surface area contributed by atoms with Crippen molar-refractivity contribution < 1.29 is 14.3 Å². The van der Waals surface area contributed by atoms with Crippen molar-refractivity contribution in [1.82, 2.24) is 10.2 Å². The molecule has 1 aromatic carbocycles. The van der Waals surface area contributed by atoms with E-state index in [1.54, 1.807) is 7.11 Å². The van der Waals surface area contributed by atoms with E-state index in [0.717, 1.165) is 24.9 Å². The summed E-state index contributed by atoms with van der Waals surface area (Å²) in [5.41, 5.74) is 1.16. The Kier molecular flexibility index (Phi) is 10.7. The highest BCUT2D eigenvalue weighted by molar-refractivity contribution is 5.85. The molecule has 0 spiro atoms. The standard InChI is InChI=1S/C19H30N2O3.ClH/c1-16-14-18(8-9-20-16)19(22)21(10-11-24-13-12-23-2)15-17-6-4-3-5-7-17;/h3-7,16,18,20H,8-15H2,1-2H3;1H/t16-,18-;/m0./s1. The van der Waals surface area contributed by atoms with Crippen LogP contribution < -0.4 is 5.32 Å². The van der Waals surface area contributed by atoms with Crippen LogP contribution in [0.2, 0.25) is 0 Å². The van der Waals surface area contributed by atoms with Crippen LogP contribution in [0.4, 0.5) is 0 Å². The zero-order chi connectivity index (χ0) is 17.2. The molecule has 142 valence electrons. The van der Waals surface area contributed by atoms with Gasteiger partial charge in [0.15, 0.2) is 0 Å². The zero-order valence-corrected chi connectivity index (χ0v) is 16.1. The molecule has 0 aromatic heterocycles. The molecule has 1 N–H and O–H groups in total. The van der Waals surface area contributed by atoms with Crippen molar-refractivity contribution in [3.05, 3.63) is 35.9 Å². The van der Waals surface area contributed by atoms with Crippen molar-refractivity contribution in [3.8, 4) is 0 Å². The molecule has 0 radical (unpaired) electrons. The summed E-state index contributed by atoms with van der Waals surface area (Å²) in [6.45, 7) is 6.02. The quantitative estimate of drug-likeness (QED) is 0.678. The van der Waals surface area contributed by atoms with Gasteiger partial charge in [0.05, 0.1) is 19.8 Å². The zero-order valence-electron chi connectivity index (χ0n) is 15.3. The number of carbonyl (C=O) groups is 1. The van der Waals surface area contributed by atoms with E-state index in [9.17, 15) is 4.79 Å². The van der Waals surface area contributed by atoms with Crippen molar-refractivity contribution in [2.45, 2.75) is 32.4 Å². The lowest BCUT2D eigenvalue weighted by molar-refractivity contribution is -0.138. The molecular formula is C19H31ClN2O3. The number of hydrogen-bond donors (Lipinski definition) is 1. The number of benzene rings is 1. The first-order chi connectivity index (χ1) is 11.7. The summed E-state index contributed by atoms with van der Waals surface area (Å²) in [6, 6.07) is 10.6. The third kappa shape index (κ3) is 7.74. The lowest BCUT2D eigenvalue weighted by Crippen LogP contribution is -2.44. The minimum atomic E-state index is 0. The Labute approximate surface area is 157 Å². The molecule has 1 aliphatic rings. The Morgan fingerprint density at radius 3 is 2.68 bits per heavy atom. The largest absolute Gasteiger partial charge is 0.382 e. The van der Waals surface area contributed by atoms with Crippen molar-refractivity contribution in [2.24, 2.45) is 5.92 Å². The monoisotopic (exact) mass is 370 g/mol. The second-order valence-corrected chi connectivity index (χ2v) is 6.43. The van der Waals surface area contributed by atoms with Gasteiger partial charge in [-0.2, -0.15) is 0 Å². The van der Waals surface area contributed by atoms with Crippen LogP contribution in [-0.2, 0) is 20.8 Å². The molecule has 1 saturated heterocycles. The predicted molar refractivity (Wildman–Crippen MR) is 102 cm³/mol. The molecular weight excluding hydrogens is 340 g/mol. The number of nitrogens with zero attached hydrogens (tertiary/aromatic N) is 1. The lowest BCUT2D eigenvalue weighted by Gasteiger charge is -2.32. The normalized spacial score (nSPS) is 19.9. The van der Waals surface area contributed by atoms with E-state index in [1.807, 2.05) is 23.1 Å². The third-order valence-corrected chi connectivity index (χ3v) is 4.44. The lowest BCUT2D eigenvalue weighted by atomic mass is 9.92. The van der Waals surface area contributed by atoms with E-state index in [2.05, 4.69) is 24.4 Å². The topological polar surface area (TPSA) is 50.8 Å². The van der Waals surface area contributed by atoms with Gasteiger partial charge in [-0.1, -0.05) is 30.3 Å². The number of carbonyl (C=O) groups excluding carboxylic acids is 1. The molecule has 1 fully saturated rings. The number of nitrogens with one attached hydrogen (secondary N) is 1.